The normalized spacial score (nSPS) is 12.8. The van der Waals surface area contributed by atoms with Gasteiger partial charge in [0.25, 0.3) is 0 Å². The molecule has 0 aliphatic heterocycles. The number of hydrogen-bond donors (Lipinski definition) is 0. The highest BCUT2D eigenvalue weighted by Crippen LogP contribution is 2.20. The lowest BCUT2D eigenvalue weighted by Crippen LogP contribution is -1.90. The molecule has 0 saturated carbocycles. The summed E-state index contributed by atoms with van der Waals surface area (Å²) in [6.45, 7) is 9.03. The zero-order valence-electron chi connectivity index (χ0n) is 9.92. The van der Waals surface area contributed by atoms with Crippen LogP contribution in [-0.4, -0.2) is 4.98 Å². The van der Waals surface area contributed by atoms with E-state index in [-0.39, 0.29) is 5.83 Å². The quantitative estimate of drug-likeness (QED) is 0.684. The summed E-state index contributed by atoms with van der Waals surface area (Å²) in [4.78, 5) is 4.23. The van der Waals surface area contributed by atoms with Crippen LogP contribution in [0.1, 0.15) is 32.0 Å². The van der Waals surface area contributed by atoms with Gasteiger partial charge >= 0.3 is 0 Å². The maximum Gasteiger partial charge on any atom is 0.106 e. The van der Waals surface area contributed by atoms with Crippen molar-refractivity contribution in [2.75, 3.05) is 0 Å². The van der Waals surface area contributed by atoms with Crippen LogP contribution in [0.3, 0.4) is 0 Å². The Kier molecular flexibility index (Phi) is 4.18. The molecule has 1 aromatic heterocycles. The molecule has 0 atom stereocenters. The first-order valence-electron chi connectivity index (χ1n) is 5.17. The summed E-state index contributed by atoms with van der Waals surface area (Å²) in [7, 11) is 0. The summed E-state index contributed by atoms with van der Waals surface area (Å²) >= 11 is 0. The van der Waals surface area contributed by atoms with Crippen molar-refractivity contribution in [2.45, 2.75) is 20.8 Å². The molecule has 1 rings (SSSR count). The van der Waals surface area contributed by atoms with E-state index in [4.69, 9.17) is 0 Å². The molecule has 0 radical (unpaired) electrons. The Morgan fingerprint density at radius 3 is 2.44 bits per heavy atom. The summed E-state index contributed by atoms with van der Waals surface area (Å²) in [5.74, 6) is -0.228. The largest absolute Gasteiger partial charge is 0.256 e. The van der Waals surface area contributed by atoms with Gasteiger partial charge in [-0.3, -0.25) is 4.98 Å². The van der Waals surface area contributed by atoms with Crippen LogP contribution in [0.15, 0.2) is 42.9 Å². The first-order chi connectivity index (χ1) is 7.56. The molecular weight excluding hydrogens is 201 g/mol. The molecular formula is C14H16FN. The molecule has 0 amide bonds. The summed E-state index contributed by atoms with van der Waals surface area (Å²) in [6.07, 6.45) is 5.23. The predicted molar refractivity (Wildman–Crippen MR) is 67.5 cm³/mol. The molecule has 0 N–H and O–H groups in total. The summed E-state index contributed by atoms with van der Waals surface area (Å²) < 4.78 is 13.3. The second kappa shape index (κ2) is 5.40. The highest BCUT2D eigenvalue weighted by atomic mass is 19.1. The third-order valence-electron chi connectivity index (χ3n) is 2.24. The van der Waals surface area contributed by atoms with Crippen LogP contribution in [0.4, 0.5) is 4.39 Å². The second-order valence-electron chi connectivity index (χ2n) is 3.66. The van der Waals surface area contributed by atoms with E-state index in [1.807, 2.05) is 26.0 Å². The van der Waals surface area contributed by atoms with E-state index < -0.39 is 0 Å². The van der Waals surface area contributed by atoms with Crippen molar-refractivity contribution < 1.29 is 4.39 Å². The van der Waals surface area contributed by atoms with Crippen molar-refractivity contribution in [3.8, 4) is 0 Å². The molecule has 1 heterocycles. The van der Waals surface area contributed by atoms with E-state index in [0.29, 0.717) is 11.3 Å². The number of aromatic nitrogens is 1. The topological polar surface area (TPSA) is 12.9 Å². The van der Waals surface area contributed by atoms with Gasteiger partial charge in [0.2, 0.25) is 0 Å². The minimum absolute atomic E-state index is 0.228. The molecule has 0 fully saturated rings. The van der Waals surface area contributed by atoms with Gasteiger partial charge in [-0.05, 0) is 38.0 Å². The molecule has 0 aliphatic carbocycles. The zero-order chi connectivity index (χ0) is 12.1. The maximum atomic E-state index is 13.3. The second-order valence-corrected chi connectivity index (χ2v) is 3.66. The molecule has 0 saturated heterocycles. The monoisotopic (exact) mass is 217 g/mol. The number of pyridine rings is 1. The third kappa shape index (κ3) is 2.89. The van der Waals surface area contributed by atoms with Crippen LogP contribution in [0, 0.1) is 0 Å². The van der Waals surface area contributed by atoms with Crippen LogP contribution in [0.25, 0.3) is 11.1 Å². The van der Waals surface area contributed by atoms with Gasteiger partial charge in [-0.25, -0.2) is 4.39 Å². The van der Waals surface area contributed by atoms with E-state index in [2.05, 4.69) is 11.6 Å². The molecule has 16 heavy (non-hydrogen) atoms. The van der Waals surface area contributed by atoms with Gasteiger partial charge in [-0.15, -0.1) is 0 Å². The Labute approximate surface area is 96.0 Å². The summed E-state index contributed by atoms with van der Waals surface area (Å²) in [5, 5.41) is 0. The molecule has 0 bridgehead atoms. The first-order valence-corrected chi connectivity index (χ1v) is 5.17. The number of nitrogens with zero attached hydrogens (tertiary/aromatic N) is 1. The fraction of sp³-hybridized carbons (Fsp3) is 0.214. The summed E-state index contributed by atoms with van der Waals surface area (Å²) in [5.41, 5.74) is 3.09. The SMILES string of the molecule is C=C(C)c1ccc(C(/C=C\C)=C(/C)F)nc1. The number of hydrogen-bond acceptors (Lipinski definition) is 1. The average molecular weight is 217 g/mol. The highest BCUT2D eigenvalue weighted by molar-refractivity contribution is 5.73. The Hall–Kier alpha value is -1.70. The van der Waals surface area contributed by atoms with Crippen molar-refractivity contribution in [3.05, 3.63) is 54.1 Å². The standard InChI is InChI=1S/C14H16FN/c1-5-6-13(11(4)15)14-8-7-12(9-16-14)10(2)3/h5-9H,2H2,1,3-4H3/b6-5-,13-11-. The fourth-order valence-corrected chi connectivity index (χ4v) is 1.35. The van der Waals surface area contributed by atoms with Crippen molar-refractivity contribution in [1.29, 1.82) is 0 Å². The van der Waals surface area contributed by atoms with Crippen molar-refractivity contribution in [2.24, 2.45) is 0 Å². The van der Waals surface area contributed by atoms with Crippen molar-refractivity contribution in [3.63, 3.8) is 0 Å². The molecule has 0 unspecified atom stereocenters. The van der Waals surface area contributed by atoms with E-state index in [9.17, 15) is 4.39 Å². The maximum absolute atomic E-state index is 13.3. The van der Waals surface area contributed by atoms with E-state index >= 15 is 0 Å². The fourth-order valence-electron chi connectivity index (χ4n) is 1.35. The Bertz CT molecular complexity index is 434. The number of rotatable bonds is 3. The van der Waals surface area contributed by atoms with Crippen LogP contribution < -0.4 is 0 Å². The minimum Gasteiger partial charge on any atom is -0.256 e. The van der Waals surface area contributed by atoms with E-state index in [0.717, 1.165) is 11.1 Å². The minimum atomic E-state index is -0.228. The van der Waals surface area contributed by atoms with Gasteiger partial charge in [-0.1, -0.05) is 24.8 Å². The van der Waals surface area contributed by atoms with E-state index in [1.54, 1.807) is 18.3 Å². The molecule has 2 heteroatoms. The third-order valence-corrected chi connectivity index (χ3v) is 2.24. The Morgan fingerprint density at radius 2 is 2.06 bits per heavy atom. The first kappa shape index (κ1) is 12.4. The van der Waals surface area contributed by atoms with Gasteiger partial charge in [0.15, 0.2) is 0 Å². The summed E-state index contributed by atoms with van der Waals surface area (Å²) in [6, 6.07) is 3.71. The smallest absolute Gasteiger partial charge is 0.106 e. The molecule has 0 aromatic carbocycles. The van der Waals surface area contributed by atoms with Crippen LogP contribution >= 0.6 is 0 Å². The highest BCUT2D eigenvalue weighted by Gasteiger charge is 2.04. The molecule has 84 valence electrons. The Morgan fingerprint density at radius 1 is 1.38 bits per heavy atom. The molecule has 1 nitrogen and oxygen atoms in total. The Balaban J connectivity index is 3.14. The molecule has 0 spiro atoms. The zero-order valence-corrected chi connectivity index (χ0v) is 9.92. The molecule has 1 aromatic rings. The number of halogens is 1. The van der Waals surface area contributed by atoms with Gasteiger partial charge in [-0.2, -0.15) is 0 Å². The lowest BCUT2D eigenvalue weighted by molar-refractivity contribution is 0.644. The number of allylic oxidation sites excluding steroid dienone is 5. The van der Waals surface area contributed by atoms with Crippen LogP contribution in [0.5, 0.6) is 0 Å². The van der Waals surface area contributed by atoms with Gasteiger partial charge in [0, 0.05) is 11.8 Å². The lowest BCUT2D eigenvalue weighted by atomic mass is 10.1. The van der Waals surface area contributed by atoms with Gasteiger partial charge < -0.3 is 0 Å². The van der Waals surface area contributed by atoms with Crippen molar-refractivity contribution >= 4 is 11.1 Å². The lowest BCUT2D eigenvalue weighted by Gasteiger charge is -2.04. The average Bonchev–Trinajstić information content (AvgIpc) is 2.25. The van der Waals surface area contributed by atoms with Gasteiger partial charge in [0.05, 0.1) is 5.69 Å². The van der Waals surface area contributed by atoms with Crippen LogP contribution in [-0.2, 0) is 0 Å². The van der Waals surface area contributed by atoms with Gasteiger partial charge in [0.1, 0.15) is 5.83 Å². The van der Waals surface area contributed by atoms with E-state index in [1.165, 1.54) is 6.92 Å². The van der Waals surface area contributed by atoms with Crippen LogP contribution in [0.2, 0.25) is 0 Å². The predicted octanol–water partition coefficient (Wildman–Crippen LogP) is 4.39. The molecule has 0 aliphatic rings. The van der Waals surface area contributed by atoms with Crippen molar-refractivity contribution in [1.82, 2.24) is 4.98 Å².